The maximum atomic E-state index is 12.7. The van der Waals surface area contributed by atoms with Crippen molar-refractivity contribution in [3.63, 3.8) is 0 Å². The lowest BCUT2D eigenvalue weighted by molar-refractivity contribution is -0.116. The van der Waals surface area contributed by atoms with Crippen LogP contribution in [0, 0.1) is 0 Å². The Bertz CT molecular complexity index is 986. The Labute approximate surface area is 182 Å². The summed E-state index contributed by atoms with van der Waals surface area (Å²) in [6, 6.07) is 24.7. The maximum Gasteiger partial charge on any atom is 0.246 e. The van der Waals surface area contributed by atoms with E-state index in [1.54, 1.807) is 0 Å². The second kappa shape index (κ2) is 10.00. The molecule has 1 heterocycles. The third-order valence-electron chi connectivity index (χ3n) is 5.13. The van der Waals surface area contributed by atoms with Crippen molar-refractivity contribution in [1.82, 2.24) is 0 Å². The second-order valence-electron chi connectivity index (χ2n) is 7.41. The number of para-hydroxylation sites is 3. The molecule has 1 aliphatic rings. The SMILES string of the molecule is C[C@H](Nc1ccccc1Oc1ccccc1)C(=O)Nc1ccc(N2CCOCC2)cc1. The molecule has 2 N–H and O–H groups in total. The Morgan fingerprint density at radius 3 is 2.35 bits per heavy atom. The lowest BCUT2D eigenvalue weighted by Gasteiger charge is -2.29. The predicted octanol–water partition coefficient (Wildman–Crippen LogP) is 4.75. The fraction of sp³-hybridized carbons (Fsp3) is 0.240. The summed E-state index contributed by atoms with van der Waals surface area (Å²) < 4.78 is 11.4. The number of benzene rings is 3. The number of carbonyl (C=O) groups excluding carboxylic acids is 1. The van der Waals surface area contributed by atoms with Crippen LogP contribution in [0.15, 0.2) is 78.9 Å². The maximum absolute atomic E-state index is 12.7. The molecule has 0 saturated carbocycles. The molecule has 1 saturated heterocycles. The molecule has 0 aromatic heterocycles. The molecule has 3 aromatic carbocycles. The van der Waals surface area contributed by atoms with E-state index in [9.17, 15) is 4.79 Å². The standard InChI is InChI=1S/C25H27N3O3/c1-19(26-23-9-5-6-10-24(23)31-22-7-3-2-4-8-22)25(29)27-20-11-13-21(14-12-20)28-15-17-30-18-16-28/h2-14,19,26H,15-18H2,1H3,(H,27,29)/t19-/m0/s1. The van der Waals surface area contributed by atoms with Gasteiger partial charge in [-0.3, -0.25) is 4.79 Å². The number of anilines is 3. The molecule has 1 fully saturated rings. The van der Waals surface area contributed by atoms with Gasteiger partial charge >= 0.3 is 0 Å². The first-order valence-corrected chi connectivity index (χ1v) is 10.5. The van der Waals surface area contributed by atoms with Crippen LogP contribution in [0.25, 0.3) is 0 Å². The Morgan fingerprint density at radius 1 is 0.935 bits per heavy atom. The van der Waals surface area contributed by atoms with Crippen molar-refractivity contribution < 1.29 is 14.3 Å². The van der Waals surface area contributed by atoms with Gasteiger partial charge in [0.05, 0.1) is 18.9 Å². The van der Waals surface area contributed by atoms with Crippen LogP contribution in [-0.4, -0.2) is 38.3 Å². The summed E-state index contributed by atoms with van der Waals surface area (Å²) in [5, 5.41) is 6.23. The van der Waals surface area contributed by atoms with Gasteiger partial charge in [-0.05, 0) is 55.5 Å². The minimum atomic E-state index is -0.445. The van der Waals surface area contributed by atoms with Gasteiger partial charge in [-0.25, -0.2) is 0 Å². The van der Waals surface area contributed by atoms with E-state index in [0.717, 1.165) is 49.1 Å². The zero-order valence-corrected chi connectivity index (χ0v) is 17.6. The quantitative estimate of drug-likeness (QED) is 0.581. The summed E-state index contributed by atoms with van der Waals surface area (Å²) in [6.07, 6.45) is 0. The van der Waals surface area contributed by atoms with Gasteiger partial charge in [0.1, 0.15) is 11.8 Å². The molecule has 6 heteroatoms. The van der Waals surface area contributed by atoms with Crippen molar-refractivity contribution in [2.24, 2.45) is 0 Å². The van der Waals surface area contributed by atoms with Gasteiger partial charge in [0.2, 0.25) is 5.91 Å². The van der Waals surface area contributed by atoms with E-state index >= 15 is 0 Å². The van der Waals surface area contributed by atoms with E-state index < -0.39 is 6.04 Å². The van der Waals surface area contributed by atoms with Gasteiger partial charge in [0.25, 0.3) is 0 Å². The fourth-order valence-corrected chi connectivity index (χ4v) is 3.42. The van der Waals surface area contributed by atoms with Gasteiger partial charge in [0.15, 0.2) is 5.75 Å². The summed E-state index contributed by atoms with van der Waals surface area (Å²) in [5.74, 6) is 1.30. The number of nitrogens with zero attached hydrogens (tertiary/aromatic N) is 1. The van der Waals surface area contributed by atoms with E-state index in [-0.39, 0.29) is 5.91 Å². The minimum absolute atomic E-state index is 0.117. The molecule has 0 bridgehead atoms. The van der Waals surface area contributed by atoms with Crippen LogP contribution in [0.5, 0.6) is 11.5 Å². The van der Waals surface area contributed by atoms with Crippen molar-refractivity contribution in [2.75, 3.05) is 41.8 Å². The Morgan fingerprint density at radius 2 is 1.61 bits per heavy atom. The highest BCUT2D eigenvalue weighted by molar-refractivity contribution is 5.96. The van der Waals surface area contributed by atoms with Crippen LogP contribution in [0.4, 0.5) is 17.1 Å². The lowest BCUT2D eigenvalue weighted by atomic mass is 10.2. The molecule has 160 valence electrons. The third-order valence-corrected chi connectivity index (χ3v) is 5.13. The Balaban J connectivity index is 1.37. The van der Waals surface area contributed by atoms with Gasteiger partial charge in [-0.15, -0.1) is 0 Å². The highest BCUT2D eigenvalue weighted by atomic mass is 16.5. The van der Waals surface area contributed by atoms with Crippen LogP contribution in [0.2, 0.25) is 0 Å². The number of morpholine rings is 1. The van der Waals surface area contributed by atoms with E-state index in [2.05, 4.69) is 15.5 Å². The van der Waals surface area contributed by atoms with Gasteiger partial charge < -0.3 is 25.0 Å². The molecule has 0 unspecified atom stereocenters. The topological polar surface area (TPSA) is 62.8 Å². The Hall–Kier alpha value is -3.51. The first-order valence-electron chi connectivity index (χ1n) is 10.5. The third kappa shape index (κ3) is 5.55. The summed E-state index contributed by atoms with van der Waals surface area (Å²) in [5.41, 5.74) is 2.67. The average molecular weight is 418 g/mol. The number of hydrogen-bond acceptors (Lipinski definition) is 5. The molecule has 0 radical (unpaired) electrons. The average Bonchev–Trinajstić information content (AvgIpc) is 2.82. The summed E-state index contributed by atoms with van der Waals surface area (Å²) >= 11 is 0. The number of carbonyl (C=O) groups is 1. The van der Waals surface area contributed by atoms with Gasteiger partial charge in [-0.2, -0.15) is 0 Å². The molecule has 1 aliphatic heterocycles. The van der Waals surface area contributed by atoms with E-state index in [1.165, 1.54) is 0 Å². The van der Waals surface area contributed by atoms with Crippen molar-refractivity contribution in [3.8, 4) is 11.5 Å². The van der Waals surface area contributed by atoms with Crippen LogP contribution < -0.4 is 20.3 Å². The van der Waals surface area contributed by atoms with Gasteiger partial charge in [0, 0.05) is 24.5 Å². The second-order valence-corrected chi connectivity index (χ2v) is 7.41. The molecule has 1 amide bonds. The summed E-state index contributed by atoms with van der Waals surface area (Å²) in [6.45, 7) is 5.10. The van der Waals surface area contributed by atoms with Crippen molar-refractivity contribution >= 4 is 23.0 Å². The molecule has 31 heavy (non-hydrogen) atoms. The van der Waals surface area contributed by atoms with Crippen LogP contribution in [0.3, 0.4) is 0 Å². The molecule has 1 atom stereocenters. The van der Waals surface area contributed by atoms with Crippen molar-refractivity contribution in [2.45, 2.75) is 13.0 Å². The number of hydrogen-bond donors (Lipinski definition) is 2. The largest absolute Gasteiger partial charge is 0.455 e. The summed E-state index contributed by atoms with van der Waals surface area (Å²) in [7, 11) is 0. The van der Waals surface area contributed by atoms with Crippen LogP contribution >= 0.6 is 0 Å². The van der Waals surface area contributed by atoms with E-state index in [0.29, 0.717) is 5.75 Å². The molecule has 4 rings (SSSR count). The minimum Gasteiger partial charge on any atom is -0.455 e. The van der Waals surface area contributed by atoms with E-state index in [4.69, 9.17) is 9.47 Å². The van der Waals surface area contributed by atoms with Crippen molar-refractivity contribution in [3.05, 3.63) is 78.9 Å². The highest BCUT2D eigenvalue weighted by Gasteiger charge is 2.16. The number of amides is 1. The zero-order chi connectivity index (χ0) is 21.5. The lowest BCUT2D eigenvalue weighted by Crippen LogP contribution is -2.36. The van der Waals surface area contributed by atoms with Crippen LogP contribution in [0.1, 0.15) is 6.92 Å². The van der Waals surface area contributed by atoms with Crippen LogP contribution in [-0.2, 0) is 9.53 Å². The number of ether oxygens (including phenoxy) is 2. The predicted molar refractivity (Wildman–Crippen MR) is 124 cm³/mol. The molecule has 0 spiro atoms. The molecular weight excluding hydrogens is 390 g/mol. The zero-order valence-electron chi connectivity index (χ0n) is 17.6. The first kappa shape index (κ1) is 20.8. The normalized spacial score (nSPS) is 14.5. The fourth-order valence-electron chi connectivity index (χ4n) is 3.42. The molecule has 0 aliphatic carbocycles. The molecular formula is C25H27N3O3. The van der Waals surface area contributed by atoms with Crippen molar-refractivity contribution in [1.29, 1.82) is 0 Å². The van der Waals surface area contributed by atoms with E-state index in [1.807, 2.05) is 85.8 Å². The smallest absolute Gasteiger partial charge is 0.246 e. The first-order chi connectivity index (χ1) is 15.2. The van der Waals surface area contributed by atoms with Gasteiger partial charge in [-0.1, -0.05) is 30.3 Å². The number of rotatable bonds is 7. The Kier molecular flexibility index (Phi) is 6.69. The monoisotopic (exact) mass is 417 g/mol. The highest BCUT2D eigenvalue weighted by Crippen LogP contribution is 2.29. The molecule has 3 aromatic rings. The summed E-state index contributed by atoms with van der Waals surface area (Å²) in [4.78, 5) is 15.0. The number of nitrogens with one attached hydrogen (secondary N) is 2. The molecule has 6 nitrogen and oxygen atoms in total.